The number of rotatable bonds is 3. The fourth-order valence-electron chi connectivity index (χ4n) is 2.34. The van der Waals surface area contributed by atoms with E-state index in [0.29, 0.717) is 16.9 Å². The number of nitrogens with zero attached hydrogens (tertiary/aromatic N) is 2. The predicted molar refractivity (Wildman–Crippen MR) is 72.5 cm³/mol. The molecule has 2 aromatic rings. The van der Waals surface area contributed by atoms with Crippen LogP contribution < -0.4 is 16.4 Å². The van der Waals surface area contributed by atoms with Gasteiger partial charge in [-0.25, -0.2) is 4.98 Å². The molecule has 1 aliphatic rings. The van der Waals surface area contributed by atoms with E-state index >= 15 is 0 Å². The molecule has 3 heterocycles. The zero-order valence-corrected chi connectivity index (χ0v) is 10.8. The van der Waals surface area contributed by atoms with Crippen molar-refractivity contribution in [1.29, 1.82) is 0 Å². The number of hydrogen-bond acceptors (Lipinski definition) is 4. The zero-order valence-electron chi connectivity index (χ0n) is 10.8. The highest BCUT2D eigenvalue weighted by molar-refractivity contribution is 5.95. The topological polar surface area (TPSA) is 102 Å². The van der Waals surface area contributed by atoms with E-state index in [2.05, 4.69) is 15.6 Å². The van der Waals surface area contributed by atoms with Crippen molar-refractivity contribution in [2.75, 3.05) is 13.1 Å². The predicted octanol–water partition coefficient (Wildman–Crippen LogP) is -0.475. The SMILES string of the molecule is NC(=O)c1ccn2c(C(=O)NC3CCNC3)cnc2c1. The molecule has 104 valence electrons. The van der Waals surface area contributed by atoms with Crippen molar-refractivity contribution in [2.24, 2.45) is 5.73 Å². The van der Waals surface area contributed by atoms with Gasteiger partial charge in [-0.05, 0) is 25.1 Å². The summed E-state index contributed by atoms with van der Waals surface area (Å²) >= 11 is 0. The number of pyridine rings is 1. The number of amides is 2. The van der Waals surface area contributed by atoms with Gasteiger partial charge >= 0.3 is 0 Å². The highest BCUT2D eigenvalue weighted by Crippen LogP contribution is 2.10. The Kier molecular flexibility index (Phi) is 3.11. The van der Waals surface area contributed by atoms with Crippen LogP contribution in [0.25, 0.3) is 5.65 Å². The maximum atomic E-state index is 12.2. The van der Waals surface area contributed by atoms with Gasteiger partial charge in [0.25, 0.3) is 5.91 Å². The van der Waals surface area contributed by atoms with Crippen molar-refractivity contribution in [2.45, 2.75) is 12.5 Å². The van der Waals surface area contributed by atoms with Crippen LogP contribution >= 0.6 is 0 Å². The van der Waals surface area contributed by atoms with E-state index in [1.54, 1.807) is 22.7 Å². The summed E-state index contributed by atoms with van der Waals surface area (Å²) in [5.41, 5.74) is 6.56. The van der Waals surface area contributed by atoms with E-state index in [-0.39, 0.29) is 11.9 Å². The summed E-state index contributed by atoms with van der Waals surface area (Å²) in [6, 6.07) is 3.29. The fourth-order valence-corrected chi connectivity index (χ4v) is 2.34. The third kappa shape index (κ3) is 2.23. The van der Waals surface area contributed by atoms with Gasteiger partial charge in [0.1, 0.15) is 11.3 Å². The molecule has 4 N–H and O–H groups in total. The third-order valence-corrected chi connectivity index (χ3v) is 3.43. The number of nitrogens with two attached hydrogens (primary N) is 1. The van der Waals surface area contributed by atoms with Crippen molar-refractivity contribution >= 4 is 17.5 Å². The van der Waals surface area contributed by atoms with Crippen LogP contribution in [0.4, 0.5) is 0 Å². The lowest BCUT2D eigenvalue weighted by Crippen LogP contribution is -2.36. The van der Waals surface area contributed by atoms with Gasteiger partial charge in [0.2, 0.25) is 5.91 Å². The van der Waals surface area contributed by atoms with E-state index in [0.717, 1.165) is 19.5 Å². The second-order valence-corrected chi connectivity index (χ2v) is 4.81. The van der Waals surface area contributed by atoms with Crippen LogP contribution in [0.5, 0.6) is 0 Å². The highest BCUT2D eigenvalue weighted by atomic mass is 16.2. The van der Waals surface area contributed by atoms with Crippen molar-refractivity contribution in [1.82, 2.24) is 20.0 Å². The molecule has 1 fully saturated rings. The molecule has 0 radical (unpaired) electrons. The molecule has 7 heteroatoms. The normalized spacial score (nSPS) is 18.3. The summed E-state index contributed by atoms with van der Waals surface area (Å²) in [6.45, 7) is 1.70. The number of carbonyl (C=O) groups excluding carboxylic acids is 2. The monoisotopic (exact) mass is 273 g/mol. The summed E-state index contributed by atoms with van der Waals surface area (Å²) in [6.07, 6.45) is 4.05. The first-order valence-electron chi connectivity index (χ1n) is 6.43. The van der Waals surface area contributed by atoms with E-state index < -0.39 is 5.91 Å². The quantitative estimate of drug-likeness (QED) is 0.703. The Labute approximate surface area is 115 Å². The van der Waals surface area contributed by atoms with Crippen LogP contribution in [-0.4, -0.2) is 40.3 Å². The fraction of sp³-hybridized carbons (Fsp3) is 0.308. The molecule has 3 rings (SSSR count). The van der Waals surface area contributed by atoms with Gasteiger partial charge in [0.15, 0.2) is 0 Å². The van der Waals surface area contributed by atoms with Gasteiger partial charge < -0.3 is 16.4 Å². The number of hydrogen-bond donors (Lipinski definition) is 3. The van der Waals surface area contributed by atoms with Crippen LogP contribution in [0.15, 0.2) is 24.5 Å². The molecule has 2 amide bonds. The summed E-state index contributed by atoms with van der Waals surface area (Å²) in [7, 11) is 0. The number of aromatic nitrogens is 2. The summed E-state index contributed by atoms with van der Waals surface area (Å²) in [5.74, 6) is -0.684. The largest absolute Gasteiger partial charge is 0.366 e. The molecule has 0 aliphatic carbocycles. The Morgan fingerprint density at radius 3 is 3.05 bits per heavy atom. The molecular formula is C13H15N5O2. The summed E-state index contributed by atoms with van der Waals surface area (Å²) < 4.78 is 1.64. The minimum atomic E-state index is -0.515. The molecule has 1 unspecified atom stereocenters. The van der Waals surface area contributed by atoms with Gasteiger partial charge in [0.05, 0.1) is 6.20 Å². The van der Waals surface area contributed by atoms with Crippen LogP contribution in [0.3, 0.4) is 0 Å². The first-order chi connectivity index (χ1) is 9.65. The molecule has 1 saturated heterocycles. The van der Waals surface area contributed by atoms with Crippen molar-refractivity contribution in [3.05, 3.63) is 35.8 Å². The molecule has 20 heavy (non-hydrogen) atoms. The lowest BCUT2D eigenvalue weighted by molar-refractivity contribution is 0.0933. The molecule has 1 aliphatic heterocycles. The Morgan fingerprint density at radius 1 is 1.50 bits per heavy atom. The molecule has 0 aromatic carbocycles. The smallest absolute Gasteiger partial charge is 0.270 e. The average molecular weight is 273 g/mol. The van der Waals surface area contributed by atoms with Crippen LogP contribution in [0.1, 0.15) is 27.3 Å². The van der Waals surface area contributed by atoms with Gasteiger partial charge in [-0.3, -0.25) is 14.0 Å². The Hall–Kier alpha value is -2.41. The number of nitrogens with one attached hydrogen (secondary N) is 2. The van der Waals surface area contributed by atoms with Gasteiger partial charge in [-0.2, -0.15) is 0 Å². The lowest BCUT2D eigenvalue weighted by Gasteiger charge is -2.10. The van der Waals surface area contributed by atoms with Crippen molar-refractivity contribution in [3.8, 4) is 0 Å². The second-order valence-electron chi connectivity index (χ2n) is 4.81. The highest BCUT2D eigenvalue weighted by Gasteiger charge is 2.19. The molecule has 2 aromatic heterocycles. The molecule has 0 bridgehead atoms. The second kappa shape index (κ2) is 4.93. The van der Waals surface area contributed by atoms with Gasteiger partial charge in [-0.15, -0.1) is 0 Å². The molecule has 1 atom stereocenters. The third-order valence-electron chi connectivity index (χ3n) is 3.43. The minimum absolute atomic E-state index is 0.151. The standard InChI is InChI=1S/C13H15N5O2/c14-12(19)8-2-4-18-10(7-16-11(18)5-8)13(20)17-9-1-3-15-6-9/h2,4-5,7,9,15H,1,3,6H2,(H2,14,19)(H,17,20). The molecule has 0 spiro atoms. The minimum Gasteiger partial charge on any atom is -0.366 e. The molecule has 7 nitrogen and oxygen atoms in total. The molecule has 0 saturated carbocycles. The van der Waals surface area contributed by atoms with Crippen molar-refractivity contribution < 1.29 is 9.59 Å². The Balaban J connectivity index is 1.87. The van der Waals surface area contributed by atoms with E-state index in [4.69, 9.17) is 5.73 Å². The van der Waals surface area contributed by atoms with Crippen LogP contribution in [0.2, 0.25) is 0 Å². The first-order valence-corrected chi connectivity index (χ1v) is 6.43. The maximum absolute atomic E-state index is 12.2. The van der Waals surface area contributed by atoms with Crippen LogP contribution in [-0.2, 0) is 0 Å². The first kappa shape index (κ1) is 12.6. The van der Waals surface area contributed by atoms with E-state index in [1.165, 1.54) is 6.20 Å². The lowest BCUT2D eigenvalue weighted by atomic mass is 10.2. The summed E-state index contributed by atoms with van der Waals surface area (Å²) in [4.78, 5) is 27.5. The number of primary amides is 1. The van der Waals surface area contributed by atoms with Crippen molar-refractivity contribution in [3.63, 3.8) is 0 Å². The van der Waals surface area contributed by atoms with Gasteiger partial charge in [0, 0.05) is 24.3 Å². The number of fused-ring (bicyclic) bond motifs is 1. The van der Waals surface area contributed by atoms with E-state index in [1.807, 2.05) is 0 Å². The molecular weight excluding hydrogens is 258 g/mol. The van der Waals surface area contributed by atoms with E-state index in [9.17, 15) is 9.59 Å². The maximum Gasteiger partial charge on any atom is 0.270 e. The van der Waals surface area contributed by atoms with Gasteiger partial charge in [-0.1, -0.05) is 0 Å². The average Bonchev–Trinajstić information content (AvgIpc) is 3.06. The Morgan fingerprint density at radius 2 is 2.35 bits per heavy atom. The zero-order chi connectivity index (χ0) is 14.1. The summed E-state index contributed by atoms with van der Waals surface area (Å²) in [5, 5.41) is 6.15. The Bertz CT molecular complexity index is 672. The number of carbonyl (C=O) groups is 2. The van der Waals surface area contributed by atoms with Crippen LogP contribution in [0, 0.1) is 0 Å². The number of imidazole rings is 1.